The standard InChI is InChI=1S/C21H26ClN3O4/c1-15-5-6-17-18(11-15)23-14-25(20(17)28)13-21(29)7-9-24(10-8-21)19(27)4-2-3-16(26)12-22/h5-6,11,14,29H,2-4,7-10,12-13H2,1H3. The van der Waals surface area contributed by atoms with Gasteiger partial charge in [-0.1, -0.05) is 6.07 Å². The molecule has 0 spiro atoms. The number of carbonyl (C=O) groups excluding carboxylic acids is 2. The molecule has 156 valence electrons. The molecule has 2 aromatic rings. The lowest BCUT2D eigenvalue weighted by atomic mass is 9.91. The number of hydrogen-bond donors (Lipinski definition) is 1. The monoisotopic (exact) mass is 419 g/mol. The minimum absolute atomic E-state index is 0.0191. The van der Waals surface area contributed by atoms with Gasteiger partial charge in [0.25, 0.3) is 5.56 Å². The zero-order valence-electron chi connectivity index (χ0n) is 16.6. The van der Waals surface area contributed by atoms with E-state index in [9.17, 15) is 19.5 Å². The van der Waals surface area contributed by atoms with Crippen LogP contribution >= 0.6 is 11.6 Å². The molecule has 7 nitrogen and oxygen atoms in total. The Morgan fingerprint density at radius 2 is 1.97 bits per heavy atom. The number of Topliss-reactive ketones (excluding diaryl/α,β-unsaturated/α-hetero) is 1. The van der Waals surface area contributed by atoms with E-state index < -0.39 is 5.60 Å². The van der Waals surface area contributed by atoms with Gasteiger partial charge in [0, 0.05) is 25.9 Å². The molecule has 0 radical (unpaired) electrons. The molecule has 0 atom stereocenters. The number of ketones is 1. The zero-order valence-corrected chi connectivity index (χ0v) is 17.3. The van der Waals surface area contributed by atoms with E-state index >= 15 is 0 Å². The number of hydrogen-bond acceptors (Lipinski definition) is 5. The predicted octanol–water partition coefficient (Wildman–Crippen LogP) is 2.04. The number of fused-ring (bicyclic) bond motifs is 1. The second-order valence-corrected chi connectivity index (χ2v) is 8.10. The van der Waals surface area contributed by atoms with Gasteiger partial charge >= 0.3 is 0 Å². The quantitative estimate of drug-likeness (QED) is 0.693. The number of rotatable bonds is 7. The van der Waals surface area contributed by atoms with Gasteiger partial charge in [0.2, 0.25) is 5.91 Å². The summed E-state index contributed by atoms with van der Waals surface area (Å²) >= 11 is 5.46. The molecular formula is C21H26ClN3O4. The Hall–Kier alpha value is -2.25. The second kappa shape index (κ2) is 9.05. The van der Waals surface area contributed by atoms with Crippen molar-refractivity contribution in [2.24, 2.45) is 0 Å². The maximum Gasteiger partial charge on any atom is 0.261 e. The lowest BCUT2D eigenvalue weighted by Gasteiger charge is -2.38. The molecule has 1 fully saturated rings. The first-order valence-corrected chi connectivity index (χ1v) is 10.4. The number of likely N-dealkylation sites (tertiary alicyclic amines) is 1. The summed E-state index contributed by atoms with van der Waals surface area (Å²) in [4.78, 5) is 42.3. The van der Waals surface area contributed by atoms with Crippen molar-refractivity contribution in [3.8, 4) is 0 Å². The SMILES string of the molecule is Cc1ccc2c(=O)n(CC3(O)CCN(C(=O)CCCC(=O)CCl)CC3)cnc2c1. The van der Waals surface area contributed by atoms with Gasteiger partial charge < -0.3 is 10.0 Å². The first-order chi connectivity index (χ1) is 13.8. The van der Waals surface area contributed by atoms with E-state index in [1.807, 2.05) is 19.1 Å². The van der Waals surface area contributed by atoms with Crippen LogP contribution in [0.4, 0.5) is 0 Å². The van der Waals surface area contributed by atoms with Gasteiger partial charge in [0.1, 0.15) is 5.78 Å². The predicted molar refractivity (Wildman–Crippen MR) is 111 cm³/mol. The van der Waals surface area contributed by atoms with Gasteiger partial charge in [0.15, 0.2) is 0 Å². The van der Waals surface area contributed by atoms with E-state index in [-0.39, 0.29) is 29.7 Å². The Morgan fingerprint density at radius 1 is 1.24 bits per heavy atom. The molecule has 1 aromatic heterocycles. The third-order valence-electron chi connectivity index (χ3n) is 5.49. The van der Waals surface area contributed by atoms with E-state index in [0.29, 0.717) is 56.1 Å². The molecule has 29 heavy (non-hydrogen) atoms. The first-order valence-electron chi connectivity index (χ1n) is 9.85. The summed E-state index contributed by atoms with van der Waals surface area (Å²) in [5, 5.41) is 11.5. The Labute approximate surface area is 174 Å². The number of aryl methyl sites for hydroxylation is 1. The smallest absolute Gasteiger partial charge is 0.261 e. The van der Waals surface area contributed by atoms with Gasteiger partial charge in [-0.15, -0.1) is 11.6 Å². The molecule has 1 aliphatic rings. The molecule has 8 heteroatoms. The summed E-state index contributed by atoms with van der Waals surface area (Å²) in [6.45, 7) is 2.94. The minimum atomic E-state index is -1.06. The molecule has 1 N–H and O–H groups in total. The Bertz CT molecular complexity index is 964. The van der Waals surface area contributed by atoms with Crippen molar-refractivity contribution in [2.75, 3.05) is 19.0 Å². The molecule has 1 saturated heterocycles. The third-order valence-corrected chi connectivity index (χ3v) is 5.79. The maximum atomic E-state index is 12.7. The van der Waals surface area contributed by atoms with Crippen LogP contribution in [0.25, 0.3) is 10.9 Å². The van der Waals surface area contributed by atoms with Gasteiger partial charge in [-0.25, -0.2) is 4.98 Å². The van der Waals surface area contributed by atoms with Gasteiger partial charge in [-0.05, 0) is 43.9 Å². The number of piperidine rings is 1. The molecule has 0 unspecified atom stereocenters. The van der Waals surface area contributed by atoms with Crippen molar-refractivity contribution in [1.82, 2.24) is 14.5 Å². The van der Waals surface area contributed by atoms with Crippen molar-refractivity contribution in [3.05, 3.63) is 40.4 Å². The van der Waals surface area contributed by atoms with E-state index in [4.69, 9.17) is 11.6 Å². The maximum absolute atomic E-state index is 12.7. The highest BCUT2D eigenvalue weighted by Gasteiger charge is 2.34. The number of aliphatic hydroxyl groups is 1. The van der Waals surface area contributed by atoms with Crippen LogP contribution in [0.3, 0.4) is 0 Å². The summed E-state index contributed by atoms with van der Waals surface area (Å²) in [5.41, 5.74) is 0.442. The summed E-state index contributed by atoms with van der Waals surface area (Å²) in [6.07, 6.45) is 3.35. The van der Waals surface area contributed by atoms with Crippen LogP contribution in [0.5, 0.6) is 0 Å². The lowest BCUT2D eigenvalue weighted by molar-refractivity contribution is -0.136. The van der Waals surface area contributed by atoms with Crippen molar-refractivity contribution in [1.29, 1.82) is 0 Å². The highest BCUT2D eigenvalue weighted by atomic mass is 35.5. The molecule has 1 aromatic carbocycles. The second-order valence-electron chi connectivity index (χ2n) is 7.83. The number of amides is 1. The molecule has 3 rings (SSSR count). The van der Waals surface area contributed by atoms with Crippen LogP contribution in [-0.2, 0) is 16.1 Å². The van der Waals surface area contributed by atoms with Crippen molar-refractivity contribution < 1.29 is 14.7 Å². The fourth-order valence-corrected chi connectivity index (χ4v) is 3.82. The number of nitrogens with zero attached hydrogens (tertiary/aromatic N) is 3. The van der Waals surface area contributed by atoms with E-state index in [1.54, 1.807) is 11.0 Å². The average Bonchev–Trinajstić information content (AvgIpc) is 2.70. The first kappa shape index (κ1) is 21.5. The average molecular weight is 420 g/mol. The number of halogens is 1. The third kappa shape index (κ3) is 5.22. The molecule has 0 aliphatic carbocycles. The van der Waals surface area contributed by atoms with Crippen LogP contribution in [0.1, 0.15) is 37.7 Å². The van der Waals surface area contributed by atoms with E-state index in [0.717, 1.165) is 5.56 Å². The topological polar surface area (TPSA) is 92.5 Å². The van der Waals surface area contributed by atoms with Crippen LogP contribution in [0.15, 0.2) is 29.3 Å². The molecule has 2 heterocycles. The molecule has 0 bridgehead atoms. The number of aromatic nitrogens is 2. The highest BCUT2D eigenvalue weighted by Crippen LogP contribution is 2.24. The number of benzene rings is 1. The minimum Gasteiger partial charge on any atom is -0.388 e. The van der Waals surface area contributed by atoms with Crippen LogP contribution in [0, 0.1) is 6.92 Å². The van der Waals surface area contributed by atoms with Crippen LogP contribution in [-0.4, -0.2) is 55.8 Å². The highest BCUT2D eigenvalue weighted by molar-refractivity contribution is 6.27. The Kier molecular flexibility index (Phi) is 6.70. The van der Waals surface area contributed by atoms with Gasteiger partial charge in [-0.2, -0.15) is 0 Å². The van der Waals surface area contributed by atoms with E-state index in [1.165, 1.54) is 10.9 Å². The van der Waals surface area contributed by atoms with Crippen LogP contribution < -0.4 is 5.56 Å². The number of carbonyl (C=O) groups is 2. The zero-order chi connectivity index (χ0) is 21.0. The Balaban J connectivity index is 1.59. The van der Waals surface area contributed by atoms with Crippen molar-refractivity contribution in [2.45, 2.75) is 51.2 Å². The fraction of sp³-hybridized carbons (Fsp3) is 0.524. The summed E-state index contributed by atoms with van der Waals surface area (Å²) in [7, 11) is 0. The summed E-state index contributed by atoms with van der Waals surface area (Å²) < 4.78 is 1.45. The van der Waals surface area contributed by atoms with Crippen molar-refractivity contribution >= 4 is 34.2 Å². The fourth-order valence-electron chi connectivity index (χ4n) is 3.69. The van der Waals surface area contributed by atoms with Gasteiger partial charge in [-0.3, -0.25) is 19.0 Å². The summed E-state index contributed by atoms with van der Waals surface area (Å²) in [5.74, 6) is -0.0977. The molecule has 0 saturated carbocycles. The Morgan fingerprint density at radius 3 is 2.66 bits per heavy atom. The van der Waals surface area contributed by atoms with Gasteiger partial charge in [0.05, 0.1) is 35.3 Å². The molecule has 1 aliphatic heterocycles. The van der Waals surface area contributed by atoms with Crippen molar-refractivity contribution in [3.63, 3.8) is 0 Å². The molecule has 1 amide bonds. The van der Waals surface area contributed by atoms with E-state index in [2.05, 4.69) is 4.98 Å². The van der Waals surface area contributed by atoms with Crippen LogP contribution in [0.2, 0.25) is 0 Å². The number of alkyl halides is 1. The lowest BCUT2D eigenvalue weighted by Crippen LogP contribution is -2.49. The molecular weight excluding hydrogens is 394 g/mol. The normalized spacial score (nSPS) is 16.2. The largest absolute Gasteiger partial charge is 0.388 e. The summed E-state index contributed by atoms with van der Waals surface area (Å²) in [6, 6.07) is 5.49.